The lowest BCUT2D eigenvalue weighted by atomic mass is 10.1. The molecule has 98 valence electrons. The third kappa shape index (κ3) is 7.98. The lowest BCUT2D eigenvalue weighted by molar-refractivity contribution is 0.269. The SMILES string of the molecule is C=CC(=C)C(=C)CCN(CCCC)CCCC. The van der Waals surface area contributed by atoms with Crippen LogP contribution in [0.15, 0.2) is 37.0 Å². The second kappa shape index (κ2) is 10.3. The first-order chi connectivity index (χ1) is 8.15. The maximum atomic E-state index is 4.06. The van der Waals surface area contributed by atoms with Gasteiger partial charge in [-0.25, -0.2) is 0 Å². The Kier molecular flexibility index (Phi) is 9.84. The van der Waals surface area contributed by atoms with Crippen LogP contribution in [0.2, 0.25) is 0 Å². The Bertz CT molecular complexity index is 232. The zero-order valence-electron chi connectivity index (χ0n) is 11.8. The molecule has 0 spiro atoms. The molecule has 0 N–H and O–H groups in total. The van der Waals surface area contributed by atoms with Crippen LogP contribution < -0.4 is 0 Å². The minimum Gasteiger partial charge on any atom is -0.303 e. The number of nitrogens with zero attached hydrogens (tertiary/aromatic N) is 1. The third-order valence-corrected chi connectivity index (χ3v) is 3.09. The van der Waals surface area contributed by atoms with Gasteiger partial charge >= 0.3 is 0 Å². The predicted molar refractivity (Wildman–Crippen MR) is 79.4 cm³/mol. The van der Waals surface area contributed by atoms with Crippen LogP contribution in [0.4, 0.5) is 0 Å². The van der Waals surface area contributed by atoms with Crippen LogP contribution >= 0.6 is 0 Å². The van der Waals surface area contributed by atoms with Gasteiger partial charge in [0.1, 0.15) is 0 Å². The first-order valence-corrected chi connectivity index (χ1v) is 6.87. The summed E-state index contributed by atoms with van der Waals surface area (Å²) in [4.78, 5) is 2.55. The predicted octanol–water partition coefficient (Wildman–Crippen LogP) is 4.58. The van der Waals surface area contributed by atoms with Gasteiger partial charge in [-0.1, -0.05) is 52.5 Å². The Morgan fingerprint density at radius 2 is 1.53 bits per heavy atom. The maximum Gasteiger partial charge on any atom is 0.00218 e. The van der Waals surface area contributed by atoms with E-state index >= 15 is 0 Å². The molecular formula is C16H29N. The average Bonchev–Trinajstić information content (AvgIpc) is 2.36. The van der Waals surface area contributed by atoms with Crippen molar-refractivity contribution in [2.45, 2.75) is 46.0 Å². The highest BCUT2D eigenvalue weighted by atomic mass is 15.1. The minimum absolute atomic E-state index is 0.982. The van der Waals surface area contributed by atoms with E-state index in [1.807, 2.05) is 0 Å². The van der Waals surface area contributed by atoms with Crippen molar-refractivity contribution in [1.29, 1.82) is 0 Å². The average molecular weight is 235 g/mol. The van der Waals surface area contributed by atoms with Crippen molar-refractivity contribution < 1.29 is 0 Å². The molecule has 17 heavy (non-hydrogen) atoms. The normalized spacial score (nSPS) is 10.5. The van der Waals surface area contributed by atoms with E-state index < -0.39 is 0 Å². The fourth-order valence-electron chi connectivity index (χ4n) is 1.70. The Morgan fingerprint density at radius 3 is 1.94 bits per heavy atom. The zero-order chi connectivity index (χ0) is 13.1. The molecule has 0 aliphatic rings. The molecule has 0 aliphatic carbocycles. The van der Waals surface area contributed by atoms with Gasteiger partial charge in [0.15, 0.2) is 0 Å². The molecule has 0 aromatic carbocycles. The van der Waals surface area contributed by atoms with E-state index in [0.29, 0.717) is 0 Å². The summed E-state index contributed by atoms with van der Waals surface area (Å²) in [6.07, 6.45) is 7.92. The third-order valence-electron chi connectivity index (χ3n) is 3.09. The molecule has 0 atom stereocenters. The van der Waals surface area contributed by atoms with Crippen LogP contribution in [-0.4, -0.2) is 24.5 Å². The second-order valence-electron chi connectivity index (χ2n) is 4.63. The summed E-state index contributed by atoms with van der Waals surface area (Å²) in [6.45, 7) is 19.8. The van der Waals surface area contributed by atoms with E-state index in [1.54, 1.807) is 6.08 Å². The highest BCUT2D eigenvalue weighted by molar-refractivity contribution is 5.33. The smallest absolute Gasteiger partial charge is 0.00218 e. The Hall–Kier alpha value is -0.820. The molecule has 1 heteroatoms. The highest BCUT2D eigenvalue weighted by Crippen LogP contribution is 2.12. The van der Waals surface area contributed by atoms with Gasteiger partial charge in [0.25, 0.3) is 0 Å². The van der Waals surface area contributed by atoms with Crippen molar-refractivity contribution in [3.63, 3.8) is 0 Å². The van der Waals surface area contributed by atoms with Crippen molar-refractivity contribution in [3.8, 4) is 0 Å². The highest BCUT2D eigenvalue weighted by Gasteiger charge is 2.05. The first-order valence-electron chi connectivity index (χ1n) is 6.87. The quantitative estimate of drug-likeness (QED) is 0.474. The van der Waals surface area contributed by atoms with Crippen molar-refractivity contribution in [2.75, 3.05) is 19.6 Å². The Balaban J connectivity index is 4.00. The lowest BCUT2D eigenvalue weighted by Crippen LogP contribution is -2.27. The summed E-state index contributed by atoms with van der Waals surface area (Å²) in [5.74, 6) is 0. The minimum atomic E-state index is 0.982. The van der Waals surface area contributed by atoms with Gasteiger partial charge in [-0.05, 0) is 43.5 Å². The van der Waals surface area contributed by atoms with Crippen LogP contribution in [0.25, 0.3) is 0 Å². The van der Waals surface area contributed by atoms with Gasteiger partial charge in [-0.2, -0.15) is 0 Å². The molecule has 0 heterocycles. The van der Waals surface area contributed by atoms with E-state index in [0.717, 1.165) is 24.1 Å². The van der Waals surface area contributed by atoms with Crippen LogP contribution in [0.3, 0.4) is 0 Å². The van der Waals surface area contributed by atoms with Crippen molar-refractivity contribution in [2.24, 2.45) is 0 Å². The van der Waals surface area contributed by atoms with Gasteiger partial charge in [0.05, 0.1) is 0 Å². The summed E-state index contributed by atoms with van der Waals surface area (Å²) in [6, 6.07) is 0. The van der Waals surface area contributed by atoms with Crippen molar-refractivity contribution in [1.82, 2.24) is 4.90 Å². The lowest BCUT2D eigenvalue weighted by Gasteiger charge is -2.22. The number of allylic oxidation sites excluding steroid dienone is 2. The summed E-state index contributed by atoms with van der Waals surface area (Å²) >= 11 is 0. The molecule has 0 unspecified atom stereocenters. The molecule has 0 rings (SSSR count). The summed E-state index contributed by atoms with van der Waals surface area (Å²) in [5.41, 5.74) is 2.11. The molecule has 0 bridgehead atoms. The van der Waals surface area contributed by atoms with Crippen LogP contribution in [0.1, 0.15) is 46.0 Å². The van der Waals surface area contributed by atoms with E-state index in [2.05, 4.69) is 38.5 Å². The van der Waals surface area contributed by atoms with Crippen LogP contribution in [0, 0.1) is 0 Å². The number of hydrogen-bond acceptors (Lipinski definition) is 1. The summed E-state index contributed by atoms with van der Waals surface area (Å²) in [5, 5.41) is 0. The molecule has 0 aromatic heterocycles. The van der Waals surface area contributed by atoms with Gasteiger partial charge in [-0.15, -0.1) is 0 Å². The van der Waals surface area contributed by atoms with E-state index in [-0.39, 0.29) is 0 Å². The number of unbranched alkanes of at least 4 members (excludes halogenated alkanes) is 2. The van der Waals surface area contributed by atoms with Crippen molar-refractivity contribution >= 4 is 0 Å². The molecular weight excluding hydrogens is 206 g/mol. The largest absolute Gasteiger partial charge is 0.303 e. The molecule has 0 saturated carbocycles. The molecule has 0 fully saturated rings. The van der Waals surface area contributed by atoms with Crippen LogP contribution in [-0.2, 0) is 0 Å². The molecule has 1 nitrogen and oxygen atoms in total. The number of hydrogen-bond donors (Lipinski definition) is 0. The maximum absolute atomic E-state index is 4.06. The van der Waals surface area contributed by atoms with E-state index in [9.17, 15) is 0 Å². The van der Waals surface area contributed by atoms with Crippen molar-refractivity contribution in [3.05, 3.63) is 37.0 Å². The monoisotopic (exact) mass is 235 g/mol. The number of rotatable bonds is 11. The molecule has 0 radical (unpaired) electrons. The topological polar surface area (TPSA) is 3.24 Å². The summed E-state index contributed by atoms with van der Waals surface area (Å²) in [7, 11) is 0. The standard InChI is InChI=1S/C16H29N/c1-6-9-12-17(13-10-7-2)14-11-16(5)15(4)8-3/h8H,3-7,9-14H2,1-2H3. The first kappa shape index (κ1) is 16.2. The second-order valence-corrected chi connectivity index (χ2v) is 4.63. The van der Waals surface area contributed by atoms with E-state index in [4.69, 9.17) is 0 Å². The zero-order valence-corrected chi connectivity index (χ0v) is 11.8. The Labute approximate surface area is 108 Å². The van der Waals surface area contributed by atoms with Gasteiger partial charge in [-0.3, -0.25) is 0 Å². The van der Waals surface area contributed by atoms with Crippen LogP contribution in [0.5, 0.6) is 0 Å². The van der Waals surface area contributed by atoms with Gasteiger partial charge < -0.3 is 4.90 Å². The van der Waals surface area contributed by atoms with E-state index in [1.165, 1.54) is 38.8 Å². The molecule has 0 aromatic rings. The summed E-state index contributed by atoms with van der Waals surface area (Å²) < 4.78 is 0. The van der Waals surface area contributed by atoms with Gasteiger partial charge in [0.2, 0.25) is 0 Å². The molecule has 0 aliphatic heterocycles. The Morgan fingerprint density at radius 1 is 1.00 bits per heavy atom. The fraction of sp³-hybridized carbons (Fsp3) is 0.625. The fourth-order valence-corrected chi connectivity index (χ4v) is 1.70. The molecule has 0 amide bonds. The molecule has 0 saturated heterocycles. The van der Waals surface area contributed by atoms with Gasteiger partial charge in [0, 0.05) is 6.54 Å².